The van der Waals surface area contributed by atoms with Crippen molar-refractivity contribution in [2.45, 2.75) is 12.8 Å². The first kappa shape index (κ1) is 14.1. The third kappa shape index (κ3) is 4.05. The fraction of sp³-hybridized carbons (Fsp3) is 0.647. The molecule has 0 amide bonds. The van der Waals surface area contributed by atoms with Crippen LogP contribution in [0.4, 0.5) is 0 Å². The average Bonchev–Trinajstić information content (AvgIpc) is 2.95. The summed E-state index contributed by atoms with van der Waals surface area (Å²) in [4.78, 5) is 5.29. The molecule has 1 aromatic carbocycles. The van der Waals surface area contributed by atoms with E-state index in [1.165, 1.54) is 70.8 Å². The summed E-state index contributed by atoms with van der Waals surface area (Å²) in [5.74, 6) is 0.892. The summed E-state index contributed by atoms with van der Waals surface area (Å²) in [6.07, 6.45) is 2.58. The van der Waals surface area contributed by atoms with Crippen molar-refractivity contribution in [1.29, 1.82) is 0 Å². The number of hydrogen-bond donors (Lipinski definition) is 1. The van der Waals surface area contributed by atoms with Gasteiger partial charge in [-0.2, -0.15) is 0 Å². The standard InChI is InChI=1S/C17H27N3/c1-2-4-16(5-3-1)6-10-19-11-7-17(14-19)15-20-12-8-18-9-13-20/h1-5,17-18H,6-15H2. The van der Waals surface area contributed by atoms with Gasteiger partial charge in [-0.25, -0.2) is 0 Å². The monoisotopic (exact) mass is 273 g/mol. The zero-order valence-corrected chi connectivity index (χ0v) is 12.4. The summed E-state index contributed by atoms with van der Waals surface area (Å²) in [5, 5.41) is 3.43. The number of nitrogens with zero attached hydrogens (tertiary/aromatic N) is 2. The molecule has 0 aliphatic carbocycles. The van der Waals surface area contributed by atoms with Gasteiger partial charge in [-0.3, -0.25) is 0 Å². The molecule has 1 aromatic rings. The molecule has 110 valence electrons. The quantitative estimate of drug-likeness (QED) is 0.876. The molecule has 1 unspecified atom stereocenters. The van der Waals surface area contributed by atoms with Crippen molar-refractivity contribution in [2.75, 3.05) is 52.4 Å². The van der Waals surface area contributed by atoms with Crippen LogP contribution in [0, 0.1) is 5.92 Å². The van der Waals surface area contributed by atoms with Crippen molar-refractivity contribution < 1.29 is 0 Å². The molecular formula is C17H27N3. The lowest BCUT2D eigenvalue weighted by Gasteiger charge is -2.29. The molecule has 2 fully saturated rings. The molecule has 2 aliphatic rings. The minimum atomic E-state index is 0.892. The molecule has 0 saturated carbocycles. The van der Waals surface area contributed by atoms with Gasteiger partial charge in [0.25, 0.3) is 0 Å². The van der Waals surface area contributed by atoms with Crippen LogP contribution in [0.15, 0.2) is 30.3 Å². The molecular weight excluding hydrogens is 246 g/mol. The van der Waals surface area contributed by atoms with Crippen molar-refractivity contribution in [3.63, 3.8) is 0 Å². The predicted molar refractivity (Wildman–Crippen MR) is 84.0 cm³/mol. The smallest absolute Gasteiger partial charge is 0.0107 e. The van der Waals surface area contributed by atoms with Gasteiger partial charge < -0.3 is 15.1 Å². The third-order valence-electron chi connectivity index (χ3n) is 4.66. The molecule has 2 heterocycles. The Kier molecular flexibility index (Phi) is 5.06. The maximum absolute atomic E-state index is 3.43. The van der Waals surface area contributed by atoms with E-state index >= 15 is 0 Å². The second kappa shape index (κ2) is 7.21. The number of rotatable bonds is 5. The van der Waals surface area contributed by atoms with Gasteiger partial charge >= 0.3 is 0 Å². The van der Waals surface area contributed by atoms with Gasteiger partial charge in [-0.15, -0.1) is 0 Å². The number of hydrogen-bond acceptors (Lipinski definition) is 3. The third-order valence-corrected chi connectivity index (χ3v) is 4.66. The number of benzene rings is 1. The van der Waals surface area contributed by atoms with E-state index in [1.807, 2.05) is 0 Å². The highest BCUT2D eigenvalue weighted by Crippen LogP contribution is 2.18. The fourth-order valence-electron chi connectivity index (χ4n) is 3.46. The molecule has 2 aliphatic heterocycles. The highest BCUT2D eigenvalue weighted by Gasteiger charge is 2.24. The lowest BCUT2D eigenvalue weighted by Crippen LogP contribution is -2.45. The molecule has 1 atom stereocenters. The van der Waals surface area contributed by atoms with Crippen molar-refractivity contribution >= 4 is 0 Å². The van der Waals surface area contributed by atoms with Crippen LogP contribution in [0.5, 0.6) is 0 Å². The van der Waals surface area contributed by atoms with E-state index in [-0.39, 0.29) is 0 Å². The van der Waals surface area contributed by atoms with E-state index in [0.717, 1.165) is 5.92 Å². The maximum atomic E-state index is 3.43. The molecule has 0 aromatic heterocycles. The molecule has 0 spiro atoms. The normalized spacial score (nSPS) is 25.1. The zero-order chi connectivity index (χ0) is 13.6. The highest BCUT2D eigenvalue weighted by molar-refractivity contribution is 5.14. The molecule has 20 heavy (non-hydrogen) atoms. The van der Waals surface area contributed by atoms with Crippen LogP contribution in [0.2, 0.25) is 0 Å². The Hall–Kier alpha value is -0.900. The van der Waals surface area contributed by atoms with Gasteiger partial charge in [0.05, 0.1) is 0 Å². The number of nitrogens with one attached hydrogen (secondary N) is 1. The van der Waals surface area contributed by atoms with Crippen molar-refractivity contribution in [1.82, 2.24) is 15.1 Å². The van der Waals surface area contributed by atoms with E-state index < -0.39 is 0 Å². The predicted octanol–water partition coefficient (Wildman–Crippen LogP) is 1.46. The van der Waals surface area contributed by atoms with E-state index in [2.05, 4.69) is 45.4 Å². The van der Waals surface area contributed by atoms with Crippen molar-refractivity contribution in [3.8, 4) is 0 Å². The zero-order valence-electron chi connectivity index (χ0n) is 12.4. The molecule has 0 radical (unpaired) electrons. The van der Waals surface area contributed by atoms with Crippen LogP contribution in [0.3, 0.4) is 0 Å². The summed E-state index contributed by atoms with van der Waals surface area (Å²) in [5.41, 5.74) is 1.47. The van der Waals surface area contributed by atoms with E-state index in [9.17, 15) is 0 Å². The Morgan fingerprint density at radius 3 is 2.60 bits per heavy atom. The molecule has 3 rings (SSSR count). The molecule has 3 heteroatoms. The Balaban J connectivity index is 1.38. The van der Waals surface area contributed by atoms with Crippen LogP contribution in [-0.2, 0) is 6.42 Å². The van der Waals surface area contributed by atoms with Crippen LogP contribution in [-0.4, -0.2) is 62.2 Å². The Morgan fingerprint density at radius 1 is 1.00 bits per heavy atom. The van der Waals surface area contributed by atoms with Crippen LogP contribution >= 0.6 is 0 Å². The van der Waals surface area contributed by atoms with Crippen LogP contribution in [0.25, 0.3) is 0 Å². The molecule has 1 N–H and O–H groups in total. The second-order valence-electron chi connectivity index (χ2n) is 6.24. The lowest BCUT2D eigenvalue weighted by molar-refractivity contribution is 0.203. The molecule has 0 bridgehead atoms. The van der Waals surface area contributed by atoms with Crippen molar-refractivity contribution in [2.24, 2.45) is 5.92 Å². The first-order valence-corrected chi connectivity index (χ1v) is 8.09. The van der Waals surface area contributed by atoms with E-state index in [1.54, 1.807) is 0 Å². The fourth-order valence-corrected chi connectivity index (χ4v) is 3.46. The SMILES string of the molecule is c1ccc(CCN2CCC(CN3CCNCC3)C2)cc1. The van der Waals surface area contributed by atoms with E-state index in [0.29, 0.717) is 0 Å². The first-order chi connectivity index (χ1) is 9.90. The highest BCUT2D eigenvalue weighted by atomic mass is 15.2. The van der Waals surface area contributed by atoms with Crippen LogP contribution in [0.1, 0.15) is 12.0 Å². The first-order valence-electron chi connectivity index (χ1n) is 8.09. The minimum absolute atomic E-state index is 0.892. The Bertz CT molecular complexity index is 386. The summed E-state index contributed by atoms with van der Waals surface area (Å²) >= 11 is 0. The number of piperazine rings is 1. The minimum Gasteiger partial charge on any atom is -0.314 e. The number of likely N-dealkylation sites (tertiary alicyclic amines) is 1. The topological polar surface area (TPSA) is 18.5 Å². The van der Waals surface area contributed by atoms with Gasteiger partial charge in [0.15, 0.2) is 0 Å². The van der Waals surface area contributed by atoms with Gasteiger partial charge in [-0.1, -0.05) is 30.3 Å². The molecule has 3 nitrogen and oxygen atoms in total. The lowest BCUT2D eigenvalue weighted by atomic mass is 10.1. The average molecular weight is 273 g/mol. The van der Waals surface area contributed by atoms with Gasteiger partial charge in [-0.05, 0) is 30.9 Å². The second-order valence-corrected chi connectivity index (χ2v) is 6.24. The summed E-state index contributed by atoms with van der Waals surface area (Å²) in [7, 11) is 0. The molecule has 2 saturated heterocycles. The van der Waals surface area contributed by atoms with Gasteiger partial charge in [0.1, 0.15) is 0 Å². The summed E-state index contributed by atoms with van der Waals surface area (Å²) in [6, 6.07) is 10.9. The largest absolute Gasteiger partial charge is 0.314 e. The van der Waals surface area contributed by atoms with E-state index in [4.69, 9.17) is 0 Å². The summed E-state index contributed by atoms with van der Waals surface area (Å²) in [6.45, 7) is 9.95. The van der Waals surface area contributed by atoms with Crippen LogP contribution < -0.4 is 5.32 Å². The Morgan fingerprint density at radius 2 is 1.80 bits per heavy atom. The van der Waals surface area contributed by atoms with Gasteiger partial charge in [0.2, 0.25) is 0 Å². The summed E-state index contributed by atoms with van der Waals surface area (Å²) < 4.78 is 0. The van der Waals surface area contributed by atoms with Gasteiger partial charge in [0, 0.05) is 45.8 Å². The maximum Gasteiger partial charge on any atom is 0.0107 e. The van der Waals surface area contributed by atoms with Crippen molar-refractivity contribution in [3.05, 3.63) is 35.9 Å². The Labute approximate surface area is 123 Å².